The molecule has 1 aromatic heterocycles. The van der Waals surface area contributed by atoms with E-state index in [1.807, 2.05) is 0 Å². The maximum absolute atomic E-state index is 2.42. The fourth-order valence-electron chi connectivity index (χ4n) is 9.79. The number of fused-ring (bicyclic) bond motifs is 6. The quantitative estimate of drug-likeness (QED) is 0.146. The van der Waals surface area contributed by atoms with E-state index in [1.54, 1.807) is 0 Å². The van der Waals surface area contributed by atoms with Gasteiger partial charge in [0.15, 0.2) is 0 Å². The van der Waals surface area contributed by atoms with Crippen LogP contribution in [0.2, 0.25) is 0 Å². The summed E-state index contributed by atoms with van der Waals surface area (Å²) in [6, 6.07) is 88.3. The lowest BCUT2D eigenvalue weighted by molar-refractivity contribution is 1.18. The molecule has 0 aliphatic rings. The summed E-state index contributed by atoms with van der Waals surface area (Å²) in [4.78, 5) is 2.30. The minimum Gasteiger partial charge on any atom is -0.311 e. The Bertz CT molecular complexity index is 3500. The van der Waals surface area contributed by atoms with Crippen LogP contribution in [0.15, 0.2) is 243 Å². The van der Waals surface area contributed by atoms with Crippen LogP contribution >= 0.6 is 0 Å². The van der Waals surface area contributed by atoms with Gasteiger partial charge in [0.05, 0.1) is 11.0 Å². The lowest BCUT2D eigenvalue weighted by atomic mass is 9.85. The zero-order valence-electron chi connectivity index (χ0n) is 34.0. The van der Waals surface area contributed by atoms with Crippen molar-refractivity contribution in [3.05, 3.63) is 243 Å². The Labute approximate surface area is 360 Å². The number of hydrogen-bond acceptors (Lipinski definition) is 1. The van der Waals surface area contributed by atoms with Gasteiger partial charge in [-0.15, -0.1) is 0 Å². The van der Waals surface area contributed by atoms with E-state index in [1.165, 1.54) is 87.5 Å². The fraction of sp³-hybridized carbons (Fsp3) is 0. The Morgan fingerprint density at radius 2 is 0.742 bits per heavy atom. The molecule has 0 bridgehead atoms. The van der Waals surface area contributed by atoms with E-state index in [4.69, 9.17) is 0 Å². The third-order valence-corrected chi connectivity index (χ3v) is 12.6. The number of nitrogens with zero attached hydrogens (tertiary/aromatic N) is 2. The van der Waals surface area contributed by atoms with Gasteiger partial charge in [-0.05, 0) is 132 Å². The highest BCUT2D eigenvalue weighted by Crippen LogP contribution is 2.46. The zero-order chi connectivity index (χ0) is 41.0. The summed E-state index contributed by atoms with van der Waals surface area (Å²) in [7, 11) is 0. The maximum Gasteiger partial charge on any atom is 0.0541 e. The number of hydrogen-bond donors (Lipinski definition) is 0. The summed E-state index contributed by atoms with van der Waals surface area (Å²) in [6.07, 6.45) is 0. The van der Waals surface area contributed by atoms with Gasteiger partial charge >= 0.3 is 0 Å². The molecule has 0 aliphatic carbocycles. The second-order valence-electron chi connectivity index (χ2n) is 16.1. The predicted octanol–water partition coefficient (Wildman–Crippen LogP) is 16.7. The van der Waals surface area contributed by atoms with E-state index in [0.717, 1.165) is 22.7 Å². The molecule has 0 atom stereocenters. The molecule has 0 unspecified atom stereocenters. The first-order valence-electron chi connectivity index (χ1n) is 21.3. The molecule has 2 heteroatoms. The minimum absolute atomic E-state index is 1.12. The molecular formula is C60H40N2. The Morgan fingerprint density at radius 1 is 0.274 bits per heavy atom. The summed E-state index contributed by atoms with van der Waals surface area (Å²) < 4.78 is 2.42. The molecule has 0 aliphatic heterocycles. The molecule has 11 aromatic carbocycles. The van der Waals surface area contributed by atoms with Gasteiger partial charge in [0.25, 0.3) is 0 Å². The van der Waals surface area contributed by atoms with Crippen LogP contribution in [0.4, 0.5) is 17.1 Å². The van der Waals surface area contributed by atoms with E-state index in [9.17, 15) is 0 Å². The molecule has 62 heavy (non-hydrogen) atoms. The molecular weight excluding hydrogens is 749 g/mol. The number of rotatable bonds is 7. The van der Waals surface area contributed by atoms with Gasteiger partial charge in [0, 0.05) is 33.5 Å². The van der Waals surface area contributed by atoms with Crippen molar-refractivity contribution in [2.75, 3.05) is 4.90 Å². The van der Waals surface area contributed by atoms with Crippen LogP contribution in [0.25, 0.3) is 93.2 Å². The summed E-state index contributed by atoms with van der Waals surface area (Å²) in [5.41, 5.74) is 14.3. The Morgan fingerprint density at radius 3 is 1.39 bits per heavy atom. The van der Waals surface area contributed by atoms with Crippen LogP contribution in [0.1, 0.15) is 0 Å². The smallest absolute Gasteiger partial charge is 0.0541 e. The zero-order valence-corrected chi connectivity index (χ0v) is 34.0. The Kier molecular flexibility index (Phi) is 8.53. The molecule has 0 amide bonds. The normalized spacial score (nSPS) is 11.5. The highest BCUT2D eigenvalue weighted by molar-refractivity contribution is 6.23. The van der Waals surface area contributed by atoms with Crippen molar-refractivity contribution < 1.29 is 0 Å². The van der Waals surface area contributed by atoms with Crippen LogP contribution in [0.3, 0.4) is 0 Å². The molecule has 0 spiro atoms. The van der Waals surface area contributed by atoms with Crippen LogP contribution in [-0.4, -0.2) is 4.57 Å². The molecule has 1 heterocycles. The van der Waals surface area contributed by atoms with Crippen molar-refractivity contribution in [3.8, 4) is 39.1 Å². The monoisotopic (exact) mass is 788 g/mol. The summed E-state index contributed by atoms with van der Waals surface area (Å²) in [6.45, 7) is 0. The van der Waals surface area contributed by atoms with E-state index >= 15 is 0 Å². The second kappa shape index (κ2) is 14.8. The standard InChI is InChI=1S/C60H40N2/c1-3-18-45(19-4-1)61(46-20-5-2-6-21-46)47-35-30-41(31-36-47)44-34-39-58-56(40-44)50-23-13-14-29-57(50)62(58)48-37-32-43(33-38-48)59-52-24-9-11-26-54(52)60(55-27-12-10-25-53(55)59)51-28-15-17-42-16-7-8-22-49(42)51/h1-40H. The average molecular weight is 789 g/mol. The van der Waals surface area contributed by atoms with Crippen LogP contribution in [0.5, 0.6) is 0 Å². The van der Waals surface area contributed by atoms with Crippen molar-refractivity contribution >= 4 is 71.2 Å². The fourth-order valence-corrected chi connectivity index (χ4v) is 9.79. The largest absolute Gasteiger partial charge is 0.311 e. The van der Waals surface area contributed by atoms with Gasteiger partial charge in [-0.25, -0.2) is 0 Å². The molecule has 0 N–H and O–H groups in total. The van der Waals surface area contributed by atoms with Crippen molar-refractivity contribution in [1.29, 1.82) is 0 Å². The molecule has 2 nitrogen and oxygen atoms in total. The van der Waals surface area contributed by atoms with Crippen LogP contribution in [0, 0.1) is 0 Å². The lowest BCUT2D eigenvalue weighted by Crippen LogP contribution is -2.09. The molecule has 0 saturated carbocycles. The number of para-hydroxylation sites is 3. The third-order valence-electron chi connectivity index (χ3n) is 12.6. The number of aromatic nitrogens is 1. The average Bonchev–Trinajstić information content (AvgIpc) is 3.68. The first kappa shape index (κ1) is 35.7. The molecule has 12 aromatic rings. The van der Waals surface area contributed by atoms with E-state index in [-0.39, 0.29) is 0 Å². The van der Waals surface area contributed by atoms with Gasteiger partial charge in [0.2, 0.25) is 0 Å². The van der Waals surface area contributed by atoms with Gasteiger partial charge in [-0.1, -0.05) is 176 Å². The van der Waals surface area contributed by atoms with Crippen molar-refractivity contribution in [3.63, 3.8) is 0 Å². The third kappa shape index (κ3) is 5.88. The Balaban J connectivity index is 0.948. The predicted molar refractivity (Wildman–Crippen MR) is 264 cm³/mol. The molecule has 290 valence electrons. The highest BCUT2D eigenvalue weighted by atomic mass is 15.1. The molecule has 0 saturated heterocycles. The molecule has 12 rings (SSSR count). The van der Waals surface area contributed by atoms with E-state index < -0.39 is 0 Å². The second-order valence-corrected chi connectivity index (χ2v) is 16.1. The van der Waals surface area contributed by atoms with Gasteiger partial charge in [-0.3, -0.25) is 0 Å². The number of anilines is 3. The van der Waals surface area contributed by atoms with E-state index in [2.05, 4.69) is 252 Å². The summed E-state index contributed by atoms with van der Waals surface area (Å²) in [5, 5.41) is 10.0. The number of benzene rings is 11. The van der Waals surface area contributed by atoms with Gasteiger partial charge in [0.1, 0.15) is 0 Å². The summed E-state index contributed by atoms with van der Waals surface area (Å²) in [5.74, 6) is 0. The van der Waals surface area contributed by atoms with Crippen molar-refractivity contribution in [2.24, 2.45) is 0 Å². The topological polar surface area (TPSA) is 8.17 Å². The molecule has 0 radical (unpaired) electrons. The van der Waals surface area contributed by atoms with Crippen LogP contribution < -0.4 is 4.90 Å². The minimum atomic E-state index is 1.12. The van der Waals surface area contributed by atoms with Gasteiger partial charge < -0.3 is 9.47 Å². The summed E-state index contributed by atoms with van der Waals surface area (Å²) >= 11 is 0. The first-order valence-corrected chi connectivity index (χ1v) is 21.3. The van der Waals surface area contributed by atoms with E-state index in [0.29, 0.717) is 0 Å². The maximum atomic E-state index is 2.42. The molecule has 0 fully saturated rings. The van der Waals surface area contributed by atoms with Crippen LogP contribution in [-0.2, 0) is 0 Å². The highest BCUT2D eigenvalue weighted by Gasteiger charge is 2.19. The van der Waals surface area contributed by atoms with Gasteiger partial charge in [-0.2, -0.15) is 0 Å². The SMILES string of the molecule is c1ccc(N(c2ccccc2)c2ccc(-c3ccc4c(c3)c3ccccc3n4-c3ccc(-c4c5ccccc5c(-c5cccc6ccccc56)c5ccccc45)cc3)cc2)cc1. The Hall–Kier alpha value is -8.20. The van der Waals surface area contributed by atoms with Crippen molar-refractivity contribution in [1.82, 2.24) is 4.57 Å². The first-order chi connectivity index (χ1) is 30.8. The van der Waals surface area contributed by atoms with Crippen molar-refractivity contribution in [2.45, 2.75) is 0 Å². The lowest BCUT2D eigenvalue weighted by Gasteiger charge is -2.25.